The van der Waals surface area contributed by atoms with E-state index in [-0.39, 0.29) is 24.7 Å². The minimum absolute atomic E-state index is 0.0402. The van der Waals surface area contributed by atoms with Gasteiger partial charge in [0.05, 0.1) is 18.1 Å². The Hall–Kier alpha value is -1.99. The molecule has 0 aliphatic heterocycles. The van der Waals surface area contributed by atoms with E-state index in [1.807, 2.05) is 0 Å². The van der Waals surface area contributed by atoms with Crippen LogP contribution in [0.4, 0.5) is 5.69 Å². The Morgan fingerprint density at radius 3 is 2.75 bits per heavy atom. The normalized spacial score (nSPS) is 10.6. The fourth-order valence-corrected chi connectivity index (χ4v) is 1.85. The Labute approximate surface area is 117 Å². The molecule has 0 saturated carbocycles. The fraction of sp³-hybridized carbons (Fsp3) is 0.462. The van der Waals surface area contributed by atoms with Gasteiger partial charge in [-0.1, -0.05) is 18.2 Å². The maximum atomic E-state index is 11.5. The number of nitrogens with zero attached hydrogens (tertiary/aromatic N) is 2. The third-order valence-electron chi connectivity index (χ3n) is 2.69. The monoisotopic (exact) mass is 281 g/mol. The van der Waals surface area contributed by atoms with E-state index in [0.717, 1.165) is 0 Å². The van der Waals surface area contributed by atoms with Crippen molar-refractivity contribution in [1.29, 1.82) is 0 Å². The number of carbonyl (C=O) groups is 1. The maximum absolute atomic E-state index is 11.5. The first kappa shape index (κ1) is 16.1. The van der Waals surface area contributed by atoms with Gasteiger partial charge in [0.25, 0.3) is 5.69 Å². The molecule has 7 heteroatoms. The third-order valence-corrected chi connectivity index (χ3v) is 2.69. The highest BCUT2D eigenvalue weighted by Gasteiger charge is 2.17. The molecule has 0 unspecified atom stereocenters. The van der Waals surface area contributed by atoms with Crippen LogP contribution in [0.25, 0.3) is 0 Å². The topological polar surface area (TPSA) is 98.7 Å². The second-order valence-corrected chi connectivity index (χ2v) is 4.19. The van der Waals surface area contributed by atoms with Crippen molar-refractivity contribution < 1.29 is 14.5 Å². The molecule has 20 heavy (non-hydrogen) atoms. The molecule has 7 nitrogen and oxygen atoms in total. The molecule has 1 rings (SSSR count). The summed E-state index contributed by atoms with van der Waals surface area (Å²) in [5.74, 6) is -0.362. The molecule has 0 amide bonds. The standard InChI is InChI=1S/C13H19N3O4/c1-2-20-13(17)10-15(8-7-14)9-11-5-3-4-6-12(11)16(18)19/h3-6H,2,7-10,14H2,1H3. The molecular formula is C13H19N3O4. The smallest absolute Gasteiger partial charge is 0.320 e. The van der Waals surface area contributed by atoms with Crippen LogP contribution in [-0.4, -0.2) is 42.0 Å². The number of benzene rings is 1. The number of nitrogens with two attached hydrogens (primary N) is 1. The van der Waals surface area contributed by atoms with E-state index in [4.69, 9.17) is 10.5 Å². The van der Waals surface area contributed by atoms with Crippen LogP contribution in [0.5, 0.6) is 0 Å². The van der Waals surface area contributed by atoms with Gasteiger partial charge in [-0.3, -0.25) is 19.8 Å². The Balaban J connectivity index is 2.79. The van der Waals surface area contributed by atoms with Crippen LogP contribution >= 0.6 is 0 Å². The zero-order chi connectivity index (χ0) is 15.0. The van der Waals surface area contributed by atoms with Crippen LogP contribution < -0.4 is 5.73 Å². The summed E-state index contributed by atoms with van der Waals surface area (Å²) >= 11 is 0. The van der Waals surface area contributed by atoms with Gasteiger partial charge < -0.3 is 10.5 Å². The van der Waals surface area contributed by atoms with Crippen LogP contribution in [0.15, 0.2) is 24.3 Å². The van der Waals surface area contributed by atoms with Crippen molar-refractivity contribution in [2.45, 2.75) is 13.5 Å². The van der Waals surface area contributed by atoms with Crippen molar-refractivity contribution in [2.75, 3.05) is 26.2 Å². The lowest BCUT2D eigenvalue weighted by molar-refractivity contribution is -0.385. The Kier molecular flexibility index (Phi) is 6.61. The van der Waals surface area contributed by atoms with E-state index >= 15 is 0 Å². The summed E-state index contributed by atoms with van der Waals surface area (Å²) in [5.41, 5.74) is 6.09. The van der Waals surface area contributed by atoms with Crippen molar-refractivity contribution >= 4 is 11.7 Å². The lowest BCUT2D eigenvalue weighted by Crippen LogP contribution is -2.34. The molecular weight excluding hydrogens is 262 g/mol. The molecule has 0 saturated heterocycles. The van der Waals surface area contributed by atoms with Gasteiger partial charge in [0, 0.05) is 31.3 Å². The highest BCUT2D eigenvalue weighted by molar-refractivity contribution is 5.71. The fourth-order valence-electron chi connectivity index (χ4n) is 1.85. The van der Waals surface area contributed by atoms with Crippen molar-refractivity contribution in [2.24, 2.45) is 5.73 Å². The van der Waals surface area contributed by atoms with E-state index in [1.54, 1.807) is 30.0 Å². The Morgan fingerprint density at radius 1 is 1.45 bits per heavy atom. The lowest BCUT2D eigenvalue weighted by atomic mass is 10.1. The molecule has 0 heterocycles. The summed E-state index contributed by atoms with van der Waals surface area (Å²) in [6.07, 6.45) is 0. The number of nitro groups is 1. The van der Waals surface area contributed by atoms with E-state index < -0.39 is 4.92 Å². The molecule has 1 aromatic carbocycles. The minimum Gasteiger partial charge on any atom is -0.465 e. The number of hydrogen-bond donors (Lipinski definition) is 1. The minimum atomic E-state index is -0.430. The van der Waals surface area contributed by atoms with Gasteiger partial charge in [0.1, 0.15) is 0 Å². The first-order valence-corrected chi connectivity index (χ1v) is 6.38. The van der Waals surface area contributed by atoms with E-state index in [1.165, 1.54) is 6.07 Å². The average Bonchev–Trinajstić information content (AvgIpc) is 2.39. The van der Waals surface area contributed by atoms with Gasteiger partial charge in [0.15, 0.2) is 0 Å². The molecule has 1 aromatic rings. The first-order valence-electron chi connectivity index (χ1n) is 6.38. The van der Waals surface area contributed by atoms with Gasteiger partial charge in [-0.15, -0.1) is 0 Å². The quantitative estimate of drug-likeness (QED) is 0.432. The molecule has 0 aromatic heterocycles. The highest BCUT2D eigenvalue weighted by atomic mass is 16.6. The number of esters is 1. The van der Waals surface area contributed by atoms with E-state index in [0.29, 0.717) is 25.3 Å². The number of para-hydroxylation sites is 1. The van der Waals surface area contributed by atoms with Gasteiger partial charge in [-0.05, 0) is 6.92 Å². The summed E-state index contributed by atoms with van der Waals surface area (Å²) in [5, 5.41) is 11.0. The molecule has 0 bridgehead atoms. The number of rotatable bonds is 8. The lowest BCUT2D eigenvalue weighted by Gasteiger charge is -2.20. The van der Waals surface area contributed by atoms with Gasteiger partial charge in [-0.2, -0.15) is 0 Å². The van der Waals surface area contributed by atoms with Crippen LogP contribution in [-0.2, 0) is 16.1 Å². The first-order chi connectivity index (χ1) is 9.58. The molecule has 0 radical (unpaired) electrons. The predicted molar refractivity (Wildman–Crippen MR) is 74.1 cm³/mol. The molecule has 0 fully saturated rings. The van der Waals surface area contributed by atoms with Crippen molar-refractivity contribution in [1.82, 2.24) is 4.90 Å². The van der Waals surface area contributed by atoms with Crippen LogP contribution in [0, 0.1) is 10.1 Å². The summed E-state index contributed by atoms with van der Waals surface area (Å²) in [6.45, 7) is 3.21. The van der Waals surface area contributed by atoms with Gasteiger partial charge in [-0.25, -0.2) is 0 Å². The maximum Gasteiger partial charge on any atom is 0.320 e. The average molecular weight is 281 g/mol. The predicted octanol–water partition coefficient (Wildman–Crippen LogP) is 0.919. The van der Waals surface area contributed by atoms with E-state index in [2.05, 4.69) is 0 Å². The van der Waals surface area contributed by atoms with E-state index in [9.17, 15) is 14.9 Å². The summed E-state index contributed by atoms with van der Waals surface area (Å²) < 4.78 is 4.88. The number of carbonyl (C=O) groups excluding carboxylic acids is 1. The zero-order valence-electron chi connectivity index (χ0n) is 11.4. The zero-order valence-corrected chi connectivity index (χ0v) is 11.4. The summed E-state index contributed by atoms with van der Waals surface area (Å²) in [7, 11) is 0. The van der Waals surface area contributed by atoms with Crippen LogP contribution in [0.2, 0.25) is 0 Å². The second-order valence-electron chi connectivity index (χ2n) is 4.19. The van der Waals surface area contributed by atoms with Crippen molar-refractivity contribution in [3.8, 4) is 0 Å². The van der Waals surface area contributed by atoms with Crippen molar-refractivity contribution in [3.63, 3.8) is 0 Å². The molecule has 0 aliphatic carbocycles. The van der Waals surface area contributed by atoms with Gasteiger partial charge >= 0.3 is 5.97 Å². The largest absolute Gasteiger partial charge is 0.465 e. The number of ether oxygens (including phenoxy) is 1. The van der Waals surface area contributed by atoms with Crippen LogP contribution in [0.3, 0.4) is 0 Å². The third kappa shape index (κ3) is 4.94. The van der Waals surface area contributed by atoms with Gasteiger partial charge in [0.2, 0.25) is 0 Å². The molecule has 110 valence electrons. The second kappa shape index (κ2) is 8.23. The number of nitro benzene ring substituents is 1. The molecule has 0 spiro atoms. The number of hydrogen-bond acceptors (Lipinski definition) is 6. The molecule has 0 aliphatic rings. The molecule has 0 atom stereocenters. The molecule has 2 N–H and O–H groups in total. The van der Waals surface area contributed by atoms with Crippen molar-refractivity contribution in [3.05, 3.63) is 39.9 Å². The highest BCUT2D eigenvalue weighted by Crippen LogP contribution is 2.19. The van der Waals surface area contributed by atoms with Crippen LogP contribution in [0.1, 0.15) is 12.5 Å². The SMILES string of the molecule is CCOC(=O)CN(CCN)Cc1ccccc1[N+](=O)[O-]. The summed E-state index contributed by atoms with van der Waals surface area (Å²) in [4.78, 5) is 23.8. The Morgan fingerprint density at radius 2 is 2.15 bits per heavy atom. The summed E-state index contributed by atoms with van der Waals surface area (Å²) in [6, 6.07) is 6.46. The Bertz CT molecular complexity index is 465.